The predicted octanol–water partition coefficient (Wildman–Crippen LogP) is 7.57. The molecule has 0 unspecified atom stereocenters. The Morgan fingerprint density at radius 1 is 1.08 bits per heavy atom. The van der Waals surface area contributed by atoms with Crippen molar-refractivity contribution in [3.63, 3.8) is 0 Å². The maximum atomic E-state index is 13.8. The first-order chi connectivity index (χ1) is 19.0. The number of rotatable bonds is 11. The molecule has 0 amide bonds. The number of nitrogens with one attached hydrogen (secondary N) is 2. The van der Waals surface area contributed by atoms with Gasteiger partial charge in [0.2, 0.25) is 0 Å². The standard InChI is InChI=1S/C19H20FN3OS2.C11H24N2/c20-15-9-13(21)5-8-17(15)26-23-19-22-16-7-6-14(10-18(16)25-19)24-11-12-3-1-2-4-12;1-12-9-6-10-13(2)11-7-4-3-5-8-11/h5-10,12H,1-4,11,21H2,(H,22,23);11-12H,3-10H2,1-2H3. The molecule has 0 aliphatic heterocycles. The summed E-state index contributed by atoms with van der Waals surface area (Å²) in [7, 11) is 4.31. The molecular formula is C30H44FN5OS2. The van der Waals surface area contributed by atoms with Crippen LogP contribution in [0, 0.1) is 11.7 Å². The molecule has 2 aliphatic rings. The van der Waals surface area contributed by atoms with E-state index in [1.54, 1.807) is 12.1 Å². The van der Waals surface area contributed by atoms with Gasteiger partial charge in [0.25, 0.3) is 0 Å². The highest BCUT2D eigenvalue weighted by molar-refractivity contribution is 8.00. The van der Waals surface area contributed by atoms with E-state index in [1.165, 1.54) is 100 Å². The lowest BCUT2D eigenvalue weighted by Gasteiger charge is -2.31. The van der Waals surface area contributed by atoms with Crippen LogP contribution in [0.1, 0.15) is 64.2 Å². The number of thiazole rings is 1. The van der Waals surface area contributed by atoms with Crippen LogP contribution in [0.3, 0.4) is 0 Å². The molecule has 0 spiro atoms. The minimum Gasteiger partial charge on any atom is -0.493 e. The molecule has 1 aromatic heterocycles. The normalized spacial score (nSPS) is 16.4. The van der Waals surface area contributed by atoms with Crippen LogP contribution in [0.25, 0.3) is 10.2 Å². The van der Waals surface area contributed by atoms with Crippen molar-refractivity contribution in [3.05, 3.63) is 42.2 Å². The van der Waals surface area contributed by atoms with Crippen LogP contribution >= 0.6 is 23.3 Å². The van der Waals surface area contributed by atoms with Crippen molar-refractivity contribution in [2.24, 2.45) is 5.92 Å². The van der Waals surface area contributed by atoms with Crippen molar-refractivity contribution in [1.29, 1.82) is 0 Å². The Balaban J connectivity index is 0.000000229. The number of benzene rings is 2. The van der Waals surface area contributed by atoms with E-state index in [-0.39, 0.29) is 5.82 Å². The fourth-order valence-corrected chi connectivity index (χ4v) is 6.91. The Hall–Kier alpha value is -2.07. The van der Waals surface area contributed by atoms with Crippen molar-refractivity contribution in [3.8, 4) is 5.75 Å². The van der Waals surface area contributed by atoms with Crippen LogP contribution in [0.2, 0.25) is 0 Å². The Morgan fingerprint density at radius 2 is 1.85 bits per heavy atom. The molecular weight excluding hydrogens is 529 g/mol. The van der Waals surface area contributed by atoms with E-state index in [2.05, 4.69) is 27.0 Å². The van der Waals surface area contributed by atoms with Gasteiger partial charge in [0.1, 0.15) is 11.6 Å². The fraction of sp³-hybridized carbons (Fsp3) is 0.567. The summed E-state index contributed by atoms with van der Waals surface area (Å²) < 4.78 is 24.0. The van der Waals surface area contributed by atoms with Gasteiger partial charge in [0, 0.05) is 11.7 Å². The van der Waals surface area contributed by atoms with Gasteiger partial charge in [-0.2, -0.15) is 0 Å². The van der Waals surface area contributed by atoms with E-state index in [1.807, 2.05) is 25.2 Å². The Labute approximate surface area is 241 Å². The summed E-state index contributed by atoms with van der Waals surface area (Å²) in [5.74, 6) is 1.23. The number of fused-ring (bicyclic) bond motifs is 1. The average molecular weight is 574 g/mol. The quantitative estimate of drug-likeness (QED) is 0.124. The van der Waals surface area contributed by atoms with E-state index >= 15 is 0 Å². The van der Waals surface area contributed by atoms with Gasteiger partial charge < -0.3 is 25.4 Å². The lowest BCUT2D eigenvalue weighted by Crippen LogP contribution is -2.35. The first kappa shape index (κ1) is 29.9. The van der Waals surface area contributed by atoms with Gasteiger partial charge in [0.05, 0.1) is 21.7 Å². The highest BCUT2D eigenvalue weighted by Crippen LogP contribution is 2.33. The number of aromatic nitrogens is 1. The molecule has 3 aromatic rings. The monoisotopic (exact) mass is 573 g/mol. The number of nitrogen functional groups attached to an aromatic ring is 1. The zero-order valence-electron chi connectivity index (χ0n) is 23.4. The summed E-state index contributed by atoms with van der Waals surface area (Å²) in [6.07, 6.45) is 13.7. The summed E-state index contributed by atoms with van der Waals surface area (Å²) in [5.41, 5.74) is 6.89. The third-order valence-electron chi connectivity index (χ3n) is 7.66. The third kappa shape index (κ3) is 9.52. The molecule has 0 bridgehead atoms. The number of halogens is 1. The van der Waals surface area contributed by atoms with Gasteiger partial charge >= 0.3 is 0 Å². The molecule has 39 heavy (non-hydrogen) atoms. The highest BCUT2D eigenvalue weighted by Gasteiger charge is 2.17. The lowest BCUT2D eigenvalue weighted by molar-refractivity contribution is 0.190. The van der Waals surface area contributed by atoms with Gasteiger partial charge in [-0.05, 0) is 114 Å². The molecule has 0 saturated heterocycles. The van der Waals surface area contributed by atoms with Gasteiger partial charge in [-0.3, -0.25) is 0 Å². The van der Waals surface area contributed by atoms with Crippen molar-refractivity contribution < 1.29 is 9.13 Å². The summed E-state index contributed by atoms with van der Waals surface area (Å²) in [6, 6.07) is 11.5. The van der Waals surface area contributed by atoms with Crippen LogP contribution in [-0.4, -0.2) is 49.7 Å². The zero-order chi connectivity index (χ0) is 27.5. The summed E-state index contributed by atoms with van der Waals surface area (Å²) in [4.78, 5) is 7.57. The molecule has 0 atom stereocenters. The summed E-state index contributed by atoms with van der Waals surface area (Å²) in [5, 5.41) is 3.93. The third-order valence-corrected chi connectivity index (χ3v) is 9.57. The summed E-state index contributed by atoms with van der Waals surface area (Å²) >= 11 is 2.72. The van der Waals surface area contributed by atoms with E-state index in [0.29, 0.717) is 16.5 Å². The minimum absolute atomic E-state index is 0.341. The second kappa shape index (κ2) is 15.6. The Kier molecular flexibility index (Phi) is 12.0. The van der Waals surface area contributed by atoms with E-state index < -0.39 is 0 Å². The van der Waals surface area contributed by atoms with Gasteiger partial charge in [0.15, 0.2) is 5.13 Å². The van der Waals surface area contributed by atoms with Crippen LogP contribution in [0.15, 0.2) is 41.3 Å². The Bertz CT molecular complexity index is 1150. The van der Waals surface area contributed by atoms with Crippen LogP contribution in [0.5, 0.6) is 5.75 Å². The van der Waals surface area contributed by atoms with E-state index in [9.17, 15) is 4.39 Å². The number of nitrogens with zero attached hydrogens (tertiary/aromatic N) is 2. The molecule has 2 aliphatic carbocycles. The molecule has 9 heteroatoms. The molecule has 1 heterocycles. The maximum Gasteiger partial charge on any atom is 0.194 e. The minimum atomic E-state index is -0.341. The van der Waals surface area contributed by atoms with Gasteiger partial charge in [-0.25, -0.2) is 9.37 Å². The number of anilines is 2. The summed E-state index contributed by atoms with van der Waals surface area (Å²) in [6.45, 7) is 3.20. The molecule has 6 nitrogen and oxygen atoms in total. The molecule has 214 valence electrons. The first-order valence-corrected chi connectivity index (χ1v) is 16.0. The number of nitrogens with two attached hydrogens (primary N) is 1. The molecule has 5 rings (SSSR count). The number of hydrogen-bond donors (Lipinski definition) is 3. The van der Waals surface area contributed by atoms with Crippen LogP contribution in [0.4, 0.5) is 15.2 Å². The number of ether oxygens (including phenoxy) is 1. The fourth-order valence-electron chi connectivity index (χ4n) is 5.34. The Morgan fingerprint density at radius 3 is 2.59 bits per heavy atom. The van der Waals surface area contributed by atoms with Crippen molar-refractivity contribution in [1.82, 2.24) is 15.2 Å². The van der Waals surface area contributed by atoms with E-state index in [4.69, 9.17) is 10.5 Å². The largest absolute Gasteiger partial charge is 0.493 e. The SMILES string of the molecule is CNCCCN(C)C1CCCCC1.Nc1ccc(SNc2nc3ccc(OCC4CCCC4)cc3s2)c(F)c1. The second-order valence-electron chi connectivity index (χ2n) is 10.7. The molecule has 2 saturated carbocycles. The maximum absolute atomic E-state index is 13.8. The highest BCUT2D eigenvalue weighted by atomic mass is 32.2. The lowest BCUT2D eigenvalue weighted by atomic mass is 9.94. The average Bonchev–Trinajstić information content (AvgIpc) is 3.62. The predicted molar refractivity (Wildman–Crippen MR) is 165 cm³/mol. The smallest absolute Gasteiger partial charge is 0.194 e. The molecule has 0 radical (unpaired) electrons. The number of hydrogen-bond acceptors (Lipinski definition) is 8. The van der Waals surface area contributed by atoms with Gasteiger partial charge in [-0.15, -0.1) is 0 Å². The first-order valence-electron chi connectivity index (χ1n) is 14.4. The van der Waals surface area contributed by atoms with Crippen LogP contribution < -0.4 is 20.5 Å². The molecule has 2 fully saturated rings. The topological polar surface area (TPSA) is 75.4 Å². The van der Waals surface area contributed by atoms with Crippen molar-refractivity contribution >= 4 is 44.3 Å². The molecule has 2 aromatic carbocycles. The molecule has 4 N–H and O–H groups in total. The zero-order valence-corrected chi connectivity index (χ0v) is 25.0. The second-order valence-corrected chi connectivity index (χ2v) is 12.6. The van der Waals surface area contributed by atoms with E-state index in [0.717, 1.165) is 40.3 Å². The van der Waals surface area contributed by atoms with Crippen molar-refractivity contribution in [2.75, 3.05) is 44.2 Å². The van der Waals surface area contributed by atoms with Gasteiger partial charge in [-0.1, -0.05) is 43.4 Å². The van der Waals surface area contributed by atoms with Crippen molar-refractivity contribution in [2.45, 2.75) is 75.1 Å². The van der Waals surface area contributed by atoms with Crippen LogP contribution in [-0.2, 0) is 0 Å².